The number of hydrogen-bond donors (Lipinski definition) is 0. The van der Waals surface area contributed by atoms with Gasteiger partial charge in [-0.15, -0.1) is 0 Å². The van der Waals surface area contributed by atoms with E-state index in [-0.39, 0.29) is 23.3 Å². The smallest absolute Gasteiger partial charge is 0.251 e. The van der Waals surface area contributed by atoms with E-state index in [1.54, 1.807) is 0 Å². The maximum Gasteiger partial charge on any atom is 0.251 e. The van der Waals surface area contributed by atoms with E-state index in [0.29, 0.717) is 19.7 Å². The summed E-state index contributed by atoms with van der Waals surface area (Å²) in [6.45, 7) is 9.24. The molecule has 0 bridgehead atoms. The summed E-state index contributed by atoms with van der Waals surface area (Å²) in [6, 6.07) is 0. The van der Waals surface area contributed by atoms with Crippen LogP contribution in [0.5, 0.6) is 0 Å². The van der Waals surface area contributed by atoms with Crippen molar-refractivity contribution in [1.29, 1.82) is 0 Å². The zero-order chi connectivity index (χ0) is 14.8. The SMILES string of the molecule is CC(C)(C)C(=O)N1CCCN(C(=O)C2CCCO2)CC1. The molecule has 1 atom stereocenters. The molecule has 0 aromatic rings. The third-order valence-electron chi connectivity index (χ3n) is 3.94. The van der Waals surface area contributed by atoms with E-state index < -0.39 is 0 Å². The molecule has 0 radical (unpaired) electrons. The van der Waals surface area contributed by atoms with E-state index in [2.05, 4.69) is 0 Å². The van der Waals surface area contributed by atoms with E-state index in [9.17, 15) is 9.59 Å². The molecular formula is C15H26N2O3. The molecule has 114 valence electrons. The van der Waals surface area contributed by atoms with Gasteiger partial charge in [0.1, 0.15) is 6.10 Å². The van der Waals surface area contributed by atoms with Crippen LogP contribution < -0.4 is 0 Å². The molecule has 0 aliphatic carbocycles. The highest BCUT2D eigenvalue weighted by molar-refractivity contribution is 5.82. The van der Waals surface area contributed by atoms with Crippen LogP contribution in [0.1, 0.15) is 40.0 Å². The maximum atomic E-state index is 12.3. The van der Waals surface area contributed by atoms with E-state index in [0.717, 1.165) is 32.4 Å². The van der Waals surface area contributed by atoms with Crippen molar-refractivity contribution in [3.63, 3.8) is 0 Å². The second-order valence-corrected chi connectivity index (χ2v) is 6.72. The van der Waals surface area contributed by atoms with Crippen molar-refractivity contribution in [1.82, 2.24) is 9.80 Å². The lowest BCUT2D eigenvalue weighted by Gasteiger charge is -2.28. The highest BCUT2D eigenvalue weighted by atomic mass is 16.5. The summed E-state index contributed by atoms with van der Waals surface area (Å²) in [6.07, 6.45) is 2.40. The average Bonchev–Trinajstić information content (AvgIpc) is 2.80. The molecule has 2 heterocycles. The van der Waals surface area contributed by atoms with Gasteiger partial charge in [0.2, 0.25) is 5.91 Å². The Morgan fingerprint density at radius 1 is 1.00 bits per heavy atom. The summed E-state index contributed by atoms with van der Waals surface area (Å²) in [5.74, 6) is 0.275. The van der Waals surface area contributed by atoms with Crippen molar-refractivity contribution in [3.8, 4) is 0 Å². The zero-order valence-electron chi connectivity index (χ0n) is 12.9. The number of hydrogen-bond acceptors (Lipinski definition) is 3. The molecule has 0 spiro atoms. The molecule has 1 unspecified atom stereocenters. The summed E-state index contributed by atoms with van der Waals surface area (Å²) in [5.41, 5.74) is -0.353. The van der Waals surface area contributed by atoms with E-state index in [1.165, 1.54) is 0 Å². The molecule has 0 saturated carbocycles. The van der Waals surface area contributed by atoms with Gasteiger partial charge in [0.25, 0.3) is 5.91 Å². The molecule has 2 aliphatic heterocycles. The number of carbonyl (C=O) groups excluding carboxylic acids is 2. The maximum absolute atomic E-state index is 12.3. The first-order chi connectivity index (χ1) is 9.39. The first-order valence-corrected chi connectivity index (χ1v) is 7.59. The molecule has 2 saturated heterocycles. The first-order valence-electron chi connectivity index (χ1n) is 7.59. The predicted molar refractivity (Wildman–Crippen MR) is 76.2 cm³/mol. The topological polar surface area (TPSA) is 49.9 Å². The van der Waals surface area contributed by atoms with Crippen molar-refractivity contribution >= 4 is 11.8 Å². The van der Waals surface area contributed by atoms with E-state index in [4.69, 9.17) is 4.74 Å². The Morgan fingerprint density at radius 2 is 1.65 bits per heavy atom. The summed E-state index contributed by atoms with van der Waals surface area (Å²) < 4.78 is 5.47. The Kier molecular flexibility index (Phi) is 4.68. The van der Waals surface area contributed by atoms with E-state index >= 15 is 0 Å². The van der Waals surface area contributed by atoms with Gasteiger partial charge in [-0.3, -0.25) is 9.59 Å². The van der Waals surface area contributed by atoms with Crippen LogP contribution in [0, 0.1) is 5.41 Å². The monoisotopic (exact) mass is 282 g/mol. The number of carbonyl (C=O) groups is 2. The lowest BCUT2D eigenvalue weighted by atomic mass is 9.94. The third-order valence-corrected chi connectivity index (χ3v) is 3.94. The van der Waals surface area contributed by atoms with Crippen LogP contribution in [0.3, 0.4) is 0 Å². The third kappa shape index (κ3) is 3.51. The van der Waals surface area contributed by atoms with Gasteiger partial charge in [0, 0.05) is 38.2 Å². The van der Waals surface area contributed by atoms with Crippen LogP contribution in [0.4, 0.5) is 0 Å². The lowest BCUT2D eigenvalue weighted by molar-refractivity contribution is -0.142. The summed E-state index contributed by atoms with van der Waals surface area (Å²) in [5, 5.41) is 0. The molecule has 5 heteroatoms. The molecule has 20 heavy (non-hydrogen) atoms. The molecule has 0 N–H and O–H groups in total. The van der Waals surface area contributed by atoms with Crippen molar-refractivity contribution in [2.24, 2.45) is 5.41 Å². The second kappa shape index (κ2) is 6.12. The quantitative estimate of drug-likeness (QED) is 0.728. The molecule has 0 aromatic heterocycles. The number of nitrogens with zero attached hydrogens (tertiary/aromatic N) is 2. The molecule has 2 rings (SSSR count). The molecule has 0 aromatic carbocycles. The van der Waals surface area contributed by atoms with Gasteiger partial charge in [-0.05, 0) is 19.3 Å². The predicted octanol–water partition coefficient (Wildman–Crippen LogP) is 1.27. The van der Waals surface area contributed by atoms with Gasteiger partial charge in [0.15, 0.2) is 0 Å². The molecular weight excluding hydrogens is 256 g/mol. The second-order valence-electron chi connectivity index (χ2n) is 6.72. The highest BCUT2D eigenvalue weighted by Gasteiger charge is 2.32. The standard InChI is InChI=1S/C15H26N2O3/c1-15(2,3)14(19)17-8-5-7-16(9-10-17)13(18)12-6-4-11-20-12/h12H,4-11H2,1-3H3. The molecule has 2 amide bonds. The number of amides is 2. The fraction of sp³-hybridized carbons (Fsp3) is 0.867. The Bertz CT molecular complexity index is 370. The largest absolute Gasteiger partial charge is 0.368 e. The van der Waals surface area contributed by atoms with Gasteiger partial charge in [-0.1, -0.05) is 20.8 Å². The van der Waals surface area contributed by atoms with Crippen LogP contribution in [-0.2, 0) is 14.3 Å². The highest BCUT2D eigenvalue weighted by Crippen LogP contribution is 2.20. The van der Waals surface area contributed by atoms with Crippen LogP contribution in [0.15, 0.2) is 0 Å². The number of rotatable bonds is 1. The van der Waals surface area contributed by atoms with Gasteiger partial charge in [-0.25, -0.2) is 0 Å². The lowest BCUT2D eigenvalue weighted by Crippen LogP contribution is -2.44. The molecule has 5 nitrogen and oxygen atoms in total. The summed E-state index contributed by atoms with van der Waals surface area (Å²) in [4.78, 5) is 28.4. The summed E-state index contributed by atoms with van der Waals surface area (Å²) >= 11 is 0. The van der Waals surface area contributed by atoms with Crippen molar-refractivity contribution < 1.29 is 14.3 Å². The minimum atomic E-state index is -0.353. The molecule has 2 fully saturated rings. The molecule has 2 aliphatic rings. The Balaban J connectivity index is 1.92. The number of ether oxygens (including phenoxy) is 1. The minimum absolute atomic E-state index is 0.104. The summed E-state index contributed by atoms with van der Waals surface area (Å²) in [7, 11) is 0. The van der Waals surface area contributed by atoms with Crippen molar-refractivity contribution in [3.05, 3.63) is 0 Å². The van der Waals surface area contributed by atoms with Crippen molar-refractivity contribution in [2.75, 3.05) is 32.8 Å². The van der Waals surface area contributed by atoms with Gasteiger partial charge >= 0.3 is 0 Å². The normalized spacial score (nSPS) is 24.6. The zero-order valence-corrected chi connectivity index (χ0v) is 12.9. The van der Waals surface area contributed by atoms with Gasteiger partial charge < -0.3 is 14.5 Å². The van der Waals surface area contributed by atoms with Crippen LogP contribution >= 0.6 is 0 Å². The van der Waals surface area contributed by atoms with E-state index in [1.807, 2.05) is 30.6 Å². The van der Waals surface area contributed by atoms with Gasteiger partial charge in [0.05, 0.1) is 0 Å². The minimum Gasteiger partial charge on any atom is -0.368 e. The Labute approximate surface area is 121 Å². The fourth-order valence-corrected chi connectivity index (χ4v) is 2.79. The van der Waals surface area contributed by atoms with Crippen LogP contribution in [0.2, 0.25) is 0 Å². The first kappa shape index (κ1) is 15.3. The fourth-order valence-electron chi connectivity index (χ4n) is 2.79. The van der Waals surface area contributed by atoms with Gasteiger partial charge in [-0.2, -0.15) is 0 Å². The Morgan fingerprint density at radius 3 is 2.25 bits per heavy atom. The van der Waals surface area contributed by atoms with Crippen LogP contribution in [-0.4, -0.2) is 60.5 Å². The van der Waals surface area contributed by atoms with Crippen molar-refractivity contribution in [2.45, 2.75) is 46.1 Å². The Hall–Kier alpha value is -1.10. The van der Waals surface area contributed by atoms with Crippen LogP contribution in [0.25, 0.3) is 0 Å². The average molecular weight is 282 g/mol.